The van der Waals surface area contributed by atoms with Gasteiger partial charge in [-0.3, -0.25) is 4.90 Å². The number of carbonyl (C=O) groups excluding carboxylic acids is 2. The highest BCUT2D eigenvalue weighted by Gasteiger charge is 2.44. The van der Waals surface area contributed by atoms with Gasteiger partial charge in [-0.2, -0.15) is 0 Å². The van der Waals surface area contributed by atoms with Crippen molar-refractivity contribution >= 4 is 12.1 Å². The number of carbonyl (C=O) groups is 2. The van der Waals surface area contributed by atoms with Gasteiger partial charge in [0.1, 0.15) is 11.6 Å². The van der Waals surface area contributed by atoms with Gasteiger partial charge in [-0.15, -0.1) is 0 Å². The first-order valence-corrected chi connectivity index (χ1v) is 6.57. The van der Waals surface area contributed by atoms with Crippen LogP contribution in [0.25, 0.3) is 0 Å². The van der Waals surface area contributed by atoms with Crippen LogP contribution in [-0.4, -0.2) is 53.5 Å². The Balaban J connectivity index is 2.81. The Morgan fingerprint density at radius 2 is 2.00 bits per heavy atom. The Labute approximate surface area is 113 Å². The van der Waals surface area contributed by atoms with Crippen molar-refractivity contribution in [2.24, 2.45) is 5.92 Å². The molecule has 110 valence electrons. The topological polar surface area (TPSA) is 76.1 Å². The number of hydrogen-bond donors (Lipinski definition) is 1. The Bertz CT molecular complexity index is 336. The van der Waals surface area contributed by atoms with Gasteiger partial charge < -0.3 is 14.6 Å². The molecule has 0 aromatic carbocycles. The molecule has 19 heavy (non-hydrogen) atoms. The van der Waals surface area contributed by atoms with E-state index in [9.17, 15) is 14.7 Å². The van der Waals surface area contributed by atoms with Crippen LogP contribution >= 0.6 is 0 Å². The quantitative estimate of drug-likeness (QED) is 0.781. The minimum absolute atomic E-state index is 0.150. The van der Waals surface area contributed by atoms with E-state index < -0.39 is 23.7 Å². The lowest BCUT2D eigenvalue weighted by Crippen LogP contribution is -2.46. The van der Waals surface area contributed by atoms with Crippen LogP contribution in [0.4, 0.5) is 4.79 Å². The van der Waals surface area contributed by atoms with E-state index >= 15 is 0 Å². The summed E-state index contributed by atoms with van der Waals surface area (Å²) in [4.78, 5) is 25.3. The smallest absolute Gasteiger partial charge is 0.411 e. The molecule has 0 aromatic heterocycles. The lowest BCUT2D eigenvalue weighted by atomic mass is 10.0. The van der Waals surface area contributed by atoms with Crippen LogP contribution in [0.5, 0.6) is 0 Å². The highest BCUT2D eigenvalue weighted by Crippen LogP contribution is 2.27. The summed E-state index contributed by atoms with van der Waals surface area (Å²) in [6.07, 6.45) is 0.0284. The zero-order valence-electron chi connectivity index (χ0n) is 12.0. The molecule has 0 aromatic rings. The molecule has 1 N–H and O–H groups in total. The highest BCUT2D eigenvalue weighted by molar-refractivity contribution is 5.82. The second-order valence-electron chi connectivity index (χ2n) is 5.60. The number of amides is 1. The fourth-order valence-electron chi connectivity index (χ4n) is 2.12. The Hall–Kier alpha value is -1.30. The first-order chi connectivity index (χ1) is 8.80. The monoisotopic (exact) mass is 273 g/mol. The number of aliphatic hydroxyl groups excluding tert-OH is 1. The predicted octanol–water partition coefficient (Wildman–Crippen LogP) is 1.17. The Morgan fingerprint density at radius 1 is 1.37 bits per heavy atom. The Morgan fingerprint density at radius 3 is 2.47 bits per heavy atom. The molecule has 1 heterocycles. The zero-order valence-corrected chi connectivity index (χ0v) is 12.0. The third-order valence-corrected chi connectivity index (χ3v) is 2.91. The number of likely N-dealkylation sites (tertiary alicyclic amines) is 1. The summed E-state index contributed by atoms with van der Waals surface area (Å²) < 4.78 is 10.2. The van der Waals surface area contributed by atoms with Crippen LogP contribution in [0.1, 0.15) is 34.1 Å². The minimum atomic E-state index is -0.750. The van der Waals surface area contributed by atoms with E-state index in [0.717, 1.165) is 0 Å². The summed E-state index contributed by atoms with van der Waals surface area (Å²) in [6.45, 7) is 7.50. The van der Waals surface area contributed by atoms with Crippen molar-refractivity contribution in [3.8, 4) is 0 Å². The van der Waals surface area contributed by atoms with Gasteiger partial charge >= 0.3 is 12.1 Å². The molecule has 0 spiro atoms. The molecule has 2 unspecified atom stereocenters. The number of rotatable bonds is 3. The summed E-state index contributed by atoms with van der Waals surface area (Å²) >= 11 is 0. The molecule has 0 aliphatic carbocycles. The van der Waals surface area contributed by atoms with Crippen molar-refractivity contribution in [3.63, 3.8) is 0 Å². The van der Waals surface area contributed by atoms with E-state index in [-0.39, 0.29) is 19.1 Å². The highest BCUT2D eigenvalue weighted by atomic mass is 16.6. The molecule has 1 saturated heterocycles. The summed E-state index contributed by atoms with van der Waals surface area (Å²) in [6, 6.07) is -0.750. The maximum absolute atomic E-state index is 12.1. The largest absolute Gasteiger partial charge is 0.464 e. The van der Waals surface area contributed by atoms with Crippen molar-refractivity contribution < 1.29 is 24.2 Å². The summed E-state index contributed by atoms with van der Waals surface area (Å²) in [7, 11) is 0. The van der Waals surface area contributed by atoms with Crippen LogP contribution in [-0.2, 0) is 14.3 Å². The number of hydrogen-bond acceptors (Lipinski definition) is 5. The van der Waals surface area contributed by atoms with Crippen molar-refractivity contribution in [2.75, 3.05) is 19.8 Å². The molecule has 1 aliphatic rings. The first-order valence-electron chi connectivity index (χ1n) is 6.57. The lowest BCUT2D eigenvalue weighted by molar-refractivity contribution is -0.150. The van der Waals surface area contributed by atoms with Crippen molar-refractivity contribution in [1.29, 1.82) is 0 Å². The average Bonchev–Trinajstić information content (AvgIpc) is 2.70. The van der Waals surface area contributed by atoms with Gasteiger partial charge in [-0.1, -0.05) is 0 Å². The third kappa shape index (κ3) is 4.09. The molecule has 6 heteroatoms. The van der Waals surface area contributed by atoms with Gasteiger partial charge in [-0.05, 0) is 34.1 Å². The fourth-order valence-corrected chi connectivity index (χ4v) is 2.12. The standard InChI is InChI=1S/C13H23NO5/c1-5-18-11(16)10-9(8-15)6-7-14(10)12(17)19-13(2,3)4/h9-10,15H,5-8H2,1-4H3. The van der Waals surface area contributed by atoms with Crippen LogP contribution in [0.3, 0.4) is 0 Å². The van der Waals surface area contributed by atoms with Gasteiger partial charge in [0.05, 0.1) is 6.61 Å². The molecular weight excluding hydrogens is 250 g/mol. The molecule has 1 fully saturated rings. The van der Waals surface area contributed by atoms with Crippen molar-refractivity contribution in [2.45, 2.75) is 45.8 Å². The summed E-state index contributed by atoms with van der Waals surface area (Å²) in [5.41, 5.74) is -0.617. The second-order valence-corrected chi connectivity index (χ2v) is 5.60. The molecule has 0 bridgehead atoms. The SMILES string of the molecule is CCOC(=O)C1C(CO)CCN1C(=O)OC(C)(C)C. The third-order valence-electron chi connectivity index (χ3n) is 2.91. The van der Waals surface area contributed by atoms with Gasteiger partial charge in [0.15, 0.2) is 0 Å². The van der Waals surface area contributed by atoms with Crippen LogP contribution in [0.15, 0.2) is 0 Å². The molecule has 0 saturated carbocycles. The normalized spacial score (nSPS) is 23.3. The van der Waals surface area contributed by atoms with Crippen LogP contribution in [0.2, 0.25) is 0 Å². The van der Waals surface area contributed by atoms with Crippen molar-refractivity contribution in [1.82, 2.24) is 4.90 Å². The average molecular weight is 273 g/mol. The molecule has 1 aliphatic heterocycles. The van der Waals surface area contributed by atoms with Crippen LogP contribution in [0, 0.1) is 5.92 Å². The molecule has 1 rings (SSSR count). The lowest BCUT2D eigenvalue weighted by Gasteiger charge is -2.28. The van der Waals surface area contributed by atoms with Gasteiger partial charge in [0, 0.05) is 19.1 Å². The van der Waals surface area contributed by atoms with Gasteiger partial charge in [-0.25, -0.2) is 9.59 Å². The fraction of sp³-hybridized carbons (Fsp3) is 0.846. The molecular formula is C13H23NO5. The maximum Gasteiger partial charge on any atom is 0.411 e. The summed E-state index contributed by atoms with van der Waals surface area (Å²) in [5.74, 6) is -0.767. The predicted molar refractivity (Wildman–Crippen MR) is 68.6 cm³/mol. The van der Waals surface area contributed by atoms with E-state index in [1.807, 2.05) is 0 Å². The van der Waals surface area contributed by atoms with Gasteiger partial charge in [0.25, 0.3) is 0 Å². The molecule has 2 atom stereocenters. The number of esters is 1. The second kappa shape index (κ2) is 6.23. The summed E-state index contributed by atoms with van der Waals surface area (Å²) in [5, 5.41) is 9.30. The van der Waals surface area contributed by atoms with Crippen LogP contribution < -0.4 is 0 Å². The number of nitrogens with zero attached hydrogens (tertiary/aromatic N) is 1. The van der Waals surface area contributed by atoms with E-state index in [1.165, 1.54) is 4.90 Å². The maximum atomic E-state index is 12.1. The van der Waals surface area contributed by atoms with E-state index in [4.69, 9.17) is 9.47 Å². The first kappa shape index (κ1) is 15.8. The molecule has 6 nitrogen and oxygen atoms in total. The molecule has 1 amide bonds. The van der Waals surface area contributed by atoms with Gasteiger partial charge in [0.2, 0.25) is 0 Å². The van der Waals surface area contributed by atoms with E-state index in [1.54, 1.807) is 27.7 Å². The number of aliphatic hydroxyl groups is 1. The Kier molecular flexibility index (Phi) is 5.17. The molecule has 0 radical (unpaired) electrons. The number of ether oxygens (including phenoxy) is 2. The minimum Gasteiger partial charge on any atom is -0.464 e. The van der Waals surface area contributed by atoms with Crippen molar-refractivity contribution in [3.05, 3.63) is 0 Å². The van der Waals surface area contributed by atoms with E-state index in [2.05, 4.69) is 0 Å². The zero-order chi connectivity index (χ0) is 14.6. The van der Waals surface area contributed by atoms with E-state index in [0.29, 0.717) is 13.0 Å².